The van der Waals surface area contributed by atoms with Crippen LogP contribution >= 0.6 is 0 Å². The molecule has 1 aromatic heterocycles. The molecule has 0 N–H and O–H groups in total. The summed E-state index contributed by atoms with van der Waals surface area (Å²) in [4.78, 5) is 25.5. The number of hydrogen-bond donors (Lipinski definition) is 0. The van der Waals surface area contributed by atoms with Gasteiger partial charge in [-0.3, -0.25) is 14.2 Å². The van der Waals surface area contributed by atoms with Crippen LogP contribution in [0.4, 0.5) is 0 Å². The molecular weight excluding hydrogens is 280 g/mol. The van der Waals surface area contributed by atoms with Gasteiger partial charge in [-0.15, -0.1) is 0 Å². The first-order chi connectivity index (χ1) is 10.5. The molecule has 0 radical (unpaired) electrons. The molecule has 1 aliphatic heterocycles. The number of benzene rings is 1. The van der Waals surface area contributed by atoms with Crippen molar-refractivity contribution in [3.8, 4) is 5.75 Å². The third-order valence-corrected chi connectivity index (χ3v) is 4.16. The molecule has 0 spiro atoms. The summed E-state index contributed by atoms with van der Waals surface area (Å²) < 4.78 is 6.93. The highest BCUT2D eigenvalue weighted by Crippen LogP contribution is 2.37. The molecule has 3 rings (SSSR count). The van der Waals surface area contributed by atoms with Crippen molar-refractivity contribution in [3.05, 3.63) is 36.0 Å². The molecule has 2 aromatic rings. The van der Waals surface area contributed by atoms with Crippen molar-refractivity contribution in [2.24, 2.45) is 0 Å². The van der Waals surface area contributed by atoms with Crippen LogP contribution in [0.3, 0.4) is 0 Å². The molecule has 1 amide bonds. The number of amides is 1. The van der Waals surface area contributed by atoms with Gasteiger partial charge in [0.2, 0.25) is 11.8 Å². The number of nitrogens with zero attached hydrogens (tertiary/aromatic N) is 2. The minimum absolute atomic E-state index is 0.0615. The van der Waals surface area contributed by atoms with Gasteiger partial charge in [0.1, 0.15) is 5.75 Å². The summed E-state index contributed by atoms with van der Waals surface area (Å²) in [7, 11) is 1.62. The number of carbonyl (C=O) groups is 2. The van der Waals surface area contributed by atoms with E-state index >= 15 is 0 Å². The van der Waals surface area contributed by atoms with Gasteiger partial charge in [-0.25, -0.2) is 0 Å². The first kappa shape index (κ1) is 14.4. The normalized spacial score (nSPS) is 14.1. The van der Waals surface area contributed by atoms with E-state index in [1.54, 1.807) is 16.6 Å². The van der Waals surface area contributed by atoms with Crippen LogP contribution in [0.25, 0.3) is 16.6 Å². The Balaban J connectivity index is 2.34. The van der Waals surface area contributed by atoms with Crippen molar-refractivity contribution in [2.75, 3.05) is 13.7 Å². The average Bonchev–Trinajstić information content (AvgIpc) is 2.81. The Morgan fingerprint density at radius 2 is 1.95 bits per heavy atom. The van der Waals surface area contributed by atoms with E-state index in [2.05, 4.69) is 6.58 Å². The van der Waals surface area contributed by atoms with Gasteiger partial charge < -0.3 is 9.64 Å². The van der Waals surface area contributed by atoms with Crippen molar-refractivity contribution in [3.63, 3.8) is 0 Å². The Morgan fingerprint density at radius 3 is 2.55 bits per heavy atom. The number of carbonyl (C=O) groups excluding carboxylic acids is 2. The lowest BCUT2D eigenvalue weighted by Crippen LogP contribution is -2.34. The second kappa shape index (κ2) is 5.02. The molecule has 0 saturated heterocycles. The van der Waals surface area contributed by atoms with E-state index in [1.165, 1.54) is 13.8 Å². The SMILES string of the molecule is C=C1c2c(c3cc(OC)ccc3n2C(C)=O)CCN1C(C)=O. The highest BCUT2D eigenvalue weighted by atomic mass is 16.5. The van der Waals surface area contributed by atoms with Crippen LogP contribution in [-0.4, -0.2) is 34.9 Å². The van der Waals surface area contributed by atoms with E-state index in [-0.39, 0.29) is 11.8 Å². The number of ether oxygens (including phenoxy) is 1. The largest absolute Gasteiger partial charge is 0.497 e. The minimum atomic E-state index is -0.0945. The lowest BCUT2D eigenvalue weighted by molar-refractivity contribution is -0.125. The standard InChI is InChI=1S/C17H18N2O3/c1-10-17-14(7-8-18(10)11(2)20)15-9-13(22-4)5-6-16(15)19(17)12(3)21/h5-6,9H,1,7-8H2,2-4H3. The Morgan fingerprint density at radius 1 is 1.23 bits per heavy atom. The van der Waals surface area contributed by atoms with Crippen LogP contribution in [0.1, 0.15) is 29.9 Å². The van der Waals surface area contributed by atoms with Gasteiger partial charge >= 0.3 is 0 Å². The van der Waals surface area contributed by atoms with Crippen molar-refractivity contribution in [1.29, 1.82) is 0 Å². The molecule has 0 atom stereocenters. The molecule has 5 heteroatoms. The molecule has 0 saturated carbocycles. The Labute approximate surface area is 128 Å². The topological polar surface area (TPSA) is 51.5 Å². The predicted octanol–water partition coefficient (Wildman–Crippen LogP) is 2.69. The molecule has 0 aliphatic carbocycles. The van der Waals surface area contributed by atoms with Crippen molar-refractivity contribution in [2.45, 2.75) is 20.3 Å². The van der Waals surface area contributed by atoms with Gasteiger partial charge in [-0.05, 0) is 30.2 Å². The summed E-state index contributed by atoms with van der Waals surface area (Å²) in [6.45, 7) is 7.65. The van der Waals surface area contributed by atoms with Crippen molar-refractivity contribution < 1.29 is 14.3 Å². The fraction of sp³-hybridized carbons (Fsp3) is 0.294. The third-order valence-electron chi connectivity index (χ3n) is 4.16. The van der Waals surface area contributed by atoms with Crippen LogP contribution < -0.4 is 4.74 Å². The quantitative estimate of drug-likeness (QED) is 0.813. The van der Waals surface area contributed by atoms with E-state index in [1.807, 2.05) is 18.2 Å². The number of rotatable bonds is 1. The maximum absolute atomic E-state index is 12.2. The van der Waals surface area contributed by atoms with Gasteiger partial charge in [0.05, 0.1) is 24.0 Å². The van der Waals surface area contributed by atoms with E-state index in [9.17, 15) is 9.59 Å². The second-order valence-electron chi connectivity index (χ2n) is 5.43. The minimum Gasteiger partial charge on any atom is -0.497 e. The Bertz CT molecular complexity index is 817. The molecular formula is C17H18N2O3. The van der Waals surface area contributed by atoms with Crippen LogP contribution in [0.5, 0.6) is 5.75 Å². The lowest BCUT2D eigenvalue weighted by atomic mass is 10.0. The second-order valence-corrected chi connectivity index (χ2v) is 5.43. The Kier molecular flexibility index (Phi) is 3.28. The number of aromatic nitrogens is 1. The first-order valence-electron chi connectivity index (χ1n) is 7.15. The van der Waals surface area contributed by atoms with E-state index < -0.39 is 0 Å². The van der Waals surface area contributed by atoms with E-state index in [0.29, 0.717) is 18.7 Å². The molecule has 0 bridgehead atoms. The van der Waals surface area contributed by atoms with Crippen LogP contribution in [0.15, 0.2) is 24.8 Å². The highest BCUT2D eigenvalue weighted by Gasteiger charge is 2.29. The third kappa shape index (κ3) is 1.93. The zero-order chi connectivity index (χ0) is 16.0. The summed E-state index contributed by atoms with van der Waals surface area (Å²) in [6.07, 6.45) is 0.692. The van der Waals surface area contributed by atoms with Gasteiger partial charge in [0.25, 0.3) is 0 Å². The zero-order valence-corrected chi connectivity index (χ0v) is 13.0. The van der Waals surface area contributed by atoms with Crippen LogP contribution in [0.2, 0.25) is 0 Å². The maximum atomic E-state index is 12.2. The molecule has 22 heavy (non-hydrogen) atoms. The summed E-state index contributed by atoms with van der Waals surface area (Å²) in [5.41, 5.74) is 3.19. The Hall–Kier alpha value is -2.56. The smallest absolute Gasteiger partial charge is 0.228 e. The zero-order valence-electron chi connectivity index (χ0n) is 13.0. The van der Waals surface area contributed by atoms with Gasteiger partial charge in [0, 0.05) is 25.8 Å². The van der Waals surface area contributed by atoms with Crippen LogP contribution in [0, 0.1) is 0 Å². The number of fused-ring (bicyclic) bond motifs is 3. The fourth-order valence-corrected chi connectivity index (χ4v) is 3.18. The summed E-state index contributed by atoms with van der Waals surface area (Å²) in [5.74, 6) is 0.590. The fourth-order valence-electron chi connectivity index (χ4n) is 3.18. The van der Waals surface area contributed by atoms with E-state index in [4.69, 9.17) is 4.74 Å². The first-order valence-corrected chi connectivity index (χ1v) is 7.15. The molecule has 1 aliphatic rings. The summed E-state index contributed by atoms with van der Waals surface area (Å²) in [5, 5.41) is 0.980. The lowest BCUT2D eigenvalue weighted by Gasteiger charge is -2.29. The summed E-state index contributed by atoms with van der Waals surface area (Å²) in [6, 6.07) is 5.64. The van der Waals surface area contributed by atoms with Crippen molar-refractivity contribution in [1.82, 2.24) is 9.47 Å². The van der Waals surface area contributed by atoms with Gasteiger partial charge in [0.15, 0.2) is 0 Å². The molecule has 2 heterocycles. The molecule has 5 nitrogen and oxygen atoms in total. The maximum Gasteiger partial charge on any atom is 0.228 e. The van der Waals surface area contributed by atoms with Gasteiger partial charge in [-0.1, -0.05) is 6.58 Å². The molecule has 0 unspecified atom stereocenters. The predicted molar refractivity (Wildman–Crippen MR) is 84.9 cm³/mol. The van der Waals surface area contributed by atoms with Gasteiger partial charge in [-0.2, -0.15) is 0 Å². The van der Waals surface area contributed by atoms with Crippen molar-refractivity contribution >= 4 is 28.4 Å². The molecule has 1 aromatic carbocycles. The summed E-state index contributed by atoms with van der Waals surface area (Å²) >= 11 is 0. The average molecular weight is 298 g/mol. The van der Waals surface area contributed by atoms with Crippen LogP contribution in [-0.2, 0) is 11.2 Å². The monoisotopic (exact) mass is 298 g/mol. The highest BCUT2D eigenvalue weighted by molar-refractivity contribution is 6.01. The molecule has 114 valence electrons. The molecule has 0 fully saturated rings. The number of hydrogen-bond acceptors (Lipinski definition) is 3. The number of methoxy groups -OCH3 is 1. The van der Waals surface area contributed by atoms with E-state index in [0.717, 1.165) is 27.9 Å².